The van der Waals surface area contributed by atoms with Crippen LogP contribution in [0.5, 0.6) is 0 Å². The average molecular weight is 581 g/mol. The molecule has 2 aliphatic heterocycles. The Morgan fingerprint density at radius 3 is 1.39 bits per heavy atom. The van der Waals surface area contributed by atoms with Gasteiger partial charge in [-0.15, -0.1) is 0 Å². The Balaban J connectivity index is 1.31. The first kappa shape index (κ1) is 29.5. The van der Waals surface area contributed by atoms with Gasteiger partial charge in [0, 0.05) is 23.6 Å². The molecule has 0 radical (unpaired) electrons. The van der Waals surface area contributed by atoms with Crippen LogP contribution in [0.15, 0.2) is 0 Å². The zero-order chi connectivity index (χ0) is 24.2. The summed E-state index contributed by atoms with van der Waals surface area (Å²) in [7, 11) is -5.81. The molecule has 0 aromatic carbocycles. The van der Waals surface area contributed by atoms with E-state index in [2.05, 4.69) is 10.6 Å². The molecule has 2 unspecified atom stereocenters. The van der Waals surface area contributed by atoms with Gasteiger partial charge in [-0.2, -0.15) is 0 Å². The Morgan fingerprint density at radius 1 is 0.697 bits per heavy atom. The van der Waals surface area contributed by atoms with E-state index in [0.717, 1.165) is 0 Å². The first-order chi connectivity index (χ1) is 15.7. The van der Waals surface area contributed by atoms with Crippen molar-refractivity contribution in [1.82, 2.24) is 10.6 Å². The number of nitrogens with one attached hydrogen (secondary N) is 2. The molecular weight excluding hydrogens is 549 g/mol. The fourth-order valence-corrected chi connectivity index (χ4v) is 8.62. The number of hydrogen-bond donors (Lipinski definition) is 2. The Hall–Kier alpha value is 0.260. The van der Waals surface area contributed by atoms with Crippen molar-refractivity contribution >= 4 is 76.3 Å². The van der Waals surface area contributed by atoms with Gasteiger partial charge in [-0.25, -0.2) is 16.8 Å². The van der Waals surface area contributed by atoms with Crippen molar-refractivity contribution in [1.29, 1.82) is 0 Å². The van der Waals surface area contributed by atoms with E-state index < -0.39 is 19.7 Å². The normalized spacial score (nSPS) is 23.4. The predicted molar refractivity (Wildman–Crippen MR) is 143 cm³/mol. The number of hydrogen-bond acceptors (Lipinski definition) is 11. The Bertz CT molecular complexity index is 769. The van der Waals surface area contributed by atoms with Gasteiger partial charge in [0.05, 0.1) is 62.7 Å². The van der Waals surface area contributed by atoms with Crippen LogP contribution in [0.2, 0.25) is 0 Å². The lowest BCUT2D eigenvalue weighted by molar-refractivity contribution is 0.0205. The third-order valence-corrected chi connectivity index (χ3v) is 10.8. The standard InChI is InChI=1S/C18H32N2O7S6/c21-32(22)11-1-15(13-32)19-17(28)30-9-7-26-5-3-25-4-6-27-8-10-31-18(29)20-16-2-12-33(23,24)14-16/h15-16H,1-14H2,(H,19,28)(H,20,29). The summed E-state index contributed by atoms with van der Waals surface area (Å²) in [6, 6.07) is -0.145. The molecule has 2 heterocycles. The van der Waals surface area contributed by atoms with Gasteiger partial charge in [0.2, 0.25) is 0 Å². The maximum absolute atomic E-state index is 11.4. The van der Waals surface area contributed by atoms with E-state index in [1.54, 1.807) is 0 Å². The molecule has 2 atom stereocenters. The minimum atomic E-state index is -2.90. The Kier molecular flexibility index (Phi) is 13.8. The van der Waals surface area contributed by atoms with Crippen LogP contribution >= 0.6 is 48.0 Å². The first-order valence-corrected chi connectivity index (χ1v) is 17.1. The van der Waals surface area contributed by atoms with Crippen molar-refractivity contribution in [3.63, 3.8) is 0 Å². The van der Waals surface area contributed by atoms with Gasteiger partial charge in [-0.1, -0.05) is 48.0 Å². The van der Waals surface area contributed by atoms with Gasteiger partial charge in [0.1, 0.15) is 8.64 Å². The van der Waals surface area contributed by atoms with E-state index in [4.69, 9.17) is 38.6 Å². The molecular formula is C18H32N2O7S6. The van der Waals surface area contributed by atoms with Crippen molar-refractivity contribution in [2.24, 2.45) is 0 Å². The quantitative estimate of drug-likeness (QED) is 0.221. The zero-order valence-electron chi connectivity index (χ0n) is 18.4. The van der Waals surface area contributed by atoms with E-state index in [1.807, 2.05) is 0 Å². The smallest absolute Gasteiger partial charge is 0.152 e. The molecule has 0 saturated carbocycles. The van der Waals surface area contributed by atoms with Crippen LogP contribution in [-0.2, 0) is 33.9 Å². The van der Waals surface area contributed by atoms with Crippen molar-refractivity contribution in [2.75, 3.05) is 74.2 Å². The molecule has 2 saturated heterocycles. The van der Waals surface area contributed by atoms with Crippen molar-refractivity contribution in [3.05, 3.63) is 0 Å². The second-order valence-corrected chi connectivity index (χ2v) is 15.6. The van der Waals surface area contributed by atoms with Crippen LogP contribution in [0.25, 0.3) is 0 Å². The lowest BCUT2D eigenvalue weighted by Gasteiger charge is -2.13. The van der Waals surface area contributed by atoms with Gasteiger partial charge < -0.3 is 24.8 Å². The second kappa shape index (κ2) is 15.4. The maximum Gasteiger partial charge on any atom is 0.152 e. The molecule has 0 aromatic heterocycles. The van der Waals surface area contributed by atoms with Gasteiger partial charge in [0.15, 0.2) is 19.7 Å². The molecule has 0 bridgehead atoms. The summed E-state index contributed by atoms with van der Waals surface area (Å²) < 4.78 is 63.4. The third kappa shape index (κ3) is 13.8. The topological polar surface area (TPSA) is 120 Å². The number of rotatable bonds is 14. The molecule has 192 valence electrons. The highest BCUT2D eigenvalue weighted by Crippen LogP contribution is 2.14. The molecule has 0 spiro atoms. The molecule has 33 heavy (non-hydrogen) atoms. The molecule has 15 heteroatoms. The second-order valence-electron chi connectivity index (χ2n) is 7.60. The van der Waals surface area contributed by atoms with Crippen molar-refractivity contribution < 1.29 is 31.0 Å². The molecule has 9 nitrogen and oxygen atoms in total. The fourth-order valence-electron chi connectivity index (χ4n) is 3.16. The monoisotopic (exact) mass is 580 g/mol. The number of thioether (sulfide) groups is 2. The molecule has 2 rings (SSSR count). The minimum absolute atomic E-state index is 0.0727. The highest BCUT2D eigenvalue weighted by atomic mass is 32.2. The van der Waals surface area contributed by atoms with Crippen LogP contribution in [-0.4, -0.2) is 112 Å². The maximum atomic E-state index is 11.4. The molecule has 2 N–H and O–H groups in total. The largest absolute Gasteiger partial charge is 0.378 e. The summed E-state index contributed by atoms with van der Waals surface area (Å²) in [6.45, 7) is 2.98. The van der Waals surface area contributed by atoms with E-state index in [0.29, 0.717) is 72.6 Å². The summed E-state index contributed by atoms with van der Waals surface area (Å²) in [5.74, 6) is 2.16. The van der Waals surface area contributed by atoms with E-state index in [-0.39, 0.29) is 35.1 Å². The van der Waals surface area contributed by atoms with Gasteiger partial charge >= 0.3 is 0 Å². The number of sulfone groups is 2. The predicted octanol–water partition coefficient (Wildman–Crippen LogP) is 0.626. The first-order valence-electron chi connectivity index (χ1n) is 10.7. The summed E-state index contributed by atoms with van der Waals surface area (Å²) in [6.07, 6.45) is 1.22. The van der Waals surface area contributed by atoms with Gasteiger partial charge in [0.25, 0.3) is 0 Å². The summed E-state index contributed by atoms with van der Waals surface area (Å²) in [4.78, 5) is 0. The number of ether oxygens (including phenoxy) is 3. The highest BCUT2D eigenvalue weighted by molar-refractivity contribution is 8.23. The zero-order valence-corrected chi connectivity index (χ0v) is 23.3. The Morgan fingerprint density at radius 2 is 1.06 bits per heavy atom. The lowest BCUT2D eigenvalue weighted by atomic mass is 10.3. The van der Waals surface area contributed by atoms with Gasteiger partial charge in [-0.3, -0.25) is 0 Å². The molecule has 0 aromatic rings. The van der Waals surface area contributed by atoms with E-state index in [1.165, 1.54) is 23.5 Å². The fraction of sp³-hybridized carbons (Fsp3) is 0.889. The average Bonchev–Trinajstić information content (AvgIpc) is 3.25. The Labute approximate surface area is 216 Å². The molecule has 0 aliphatic carbocycles. The number of thiocarbonyl (C=S) groups is 2. The molecule has 0 amide bonds. The summed E-state index contributed by atoms with van der Waals surface area (Å²) >= 11 is 13.4. The van der Waals surface area contributed by atoms with Crippen LogP contribution < -0.4 is 10.6 Å². The third-order valence-electron chi connectivity index (χ3n) is 4.77. The van der Waals surface area contributed by atoms with Crippen LogP contribution in [0.1, 0.15) is 12.8 Å². The van der Waals surface area contributed by atoms with Crippen LogP contribution in [0.3, 0.4) is 0 Å². The highest BCUT2D eigenvalue weighted by Gasteiger charge is 2.28. The lowest BCUT2D eigenvalue weighted by Crippen LogP contribution is -2.33. The molecule has 2 aliphatic rings. The SMILES string of the molecule is O=S1(=O)CCC(NC(=S)SCCOCCOCCOCCSC(=S)NC2CCS(=O)(=O)C2)C1. The summed E-state index contributed by atoms with van der Waals surface area (Å²) in [5.41, 5.74) is 0. The van der Waals surface area contributed by atoms with Crippen LogP contribution in [0.4, 0.5) is 0 Å². The molecule has 2 fully saturated rings. The van der Waals surface area contributed by atoms with Crippen molar-refractivity contribution in [3.8, 4) is 0 Å². The van der Waals surface area contributed by atoms with E-state index >= 15 is 0 Å². The van der Waals surface area contributed by atoms with Crippen molar-refractivity contribution in [2.45, 2.75) is 24.9 Å². The van der Waals surface area contributed by atoms with E-state index in [9.17, 15) is 16.8 Å². The van der Waals surface area contributed by atoms with Crippen LogP contribution in [0, 0.1) is 0 Å². The summed E-state index contributed by atoms with van der Waals surface area (Å²) in [5, 5.41) is 6.17. The minimum Gasteiger partial charge on any atom is -0.378 e. The van der Waals surface area contributed by atoms with Gasteiger partial charge in [-0.05, 0) is 12.8 Å².